The molecule has 1 aliphatic rings. The minimum atomic E-state index is -0.474. The van der Waals surface area contributed by atoms with Gasteiger partial charge in [0, 0.05) is 11.7 Å². The number of hydrogen-bond donors (Lipinski definition) is 3. The van der Waals surface area contributed by atoms with Gasteiger partial charge >= 0.3 is 6.03 Å². The fourth-order valence-corrected chi connectivity index (χ4v) is 2.88. The number of rotatable bonds is 7. The zero-order valence-electron chi connectivity index (χ0n) is 15.2. The number of benzene rings is 1. The molecule has 0 radical (unpaired) electrons. The molecular formula is C18H26N4O4. The normalized spacial score (nSPS) is 14.1. The van der Waals surface area contributed by atoms with Crippen LogP contribution < -0.4 is 20.7 Å². The van der Waals surface area contributed by atoms with Gasteiger partial charge < -0.3 is 15.4 Å². The van der Waals surface area contributed by atoms with Gasteiger partial charge in [-0.2, -0.15) is 0 Å². The number of hydrogen-bond acceptors (Lipinski definition) is 5. The van der Waals surface area contributed by atoms with E-state index >= 15 is 0 Å². The Morgan fingerprint density at radius 3 is 2.31 bits per heavy atom. The molecule has 142 valence electrons. The molecule has 26 heavy (non-hydrogen) atoms. The molecule has 1 fully saturated rings. The van der Waals surface area contributed by atoms with Crippen LogP contribution in [0, 0.1) is 0 Å². The highest BCUT2D eigenvalue weighted by atomic mass is 16.5. The first kappa shape index (κ1) is 19.7. The van der Waals surface area contributed by atoms with Gasteiger partial charge in [-0.1, -0.05) is 12.8 Å². The number of methoxy groups -OCH3 is 1. The average Bonchev–Trinajstić information content (AvgIpc) is 3.07. The number of imide groups is 1. The Morgan fingerprint density at radius 1 is 1.08 bits per heavy atom. The summed E-state index contributed by atoms with van der Waals surface area (Å²) in [5, 5.41) is 7.82. The lowest BCUT2D eigenvalue weighted by Crippen LogP contribution is -2.47. The van der Waals surface area contributed by atoms with Gasteiger partial charge in [0.1, 0.15) is 5.75 Å². The van der Waals surface area contributed by atoms with Crippen LogP contribution in [0.4, 0.5) is 10.5 Å². The predicted molar refractivity (Wildman–Crippen MR) is 98.1 cm³/mol. The Morgan fingerprint density at radius 2 is 1.69 bits per heavy atom. The molecule has 2 rings (SSSR count). The molecule has 0 bridgehead atoms. The van der Waals surface area contributed by atoms with Crippen molar-refractivity contribution < 1.29 is 19.1 Å². The summed E-state index contributed by atoms with van der Waals surface area (Å²) >= 11 is 0. The standard InChI is InChI=1S/C18H26N4O4/c1-22(11-16(23)19-14-7-9-15(26-2)10-8-14)12-17(24)21-18(25)20-13-5-3-4-6-13/h7-10,13H,3-6,11-12H2,1-2H3,(H,19,23)(H2,20,21,24,25). The van der Waals surface area contributed by atoms with E-state index in [1.165, 1.54) is 4.90 Å². The summed E-state index contributed by atoms with van der Waals surface area (Å²) in [5.74, 6) is 0.00814. The minimum absolute atomic E-state index is 0.0314. The maximum atomic E-state index is 12.0. The van der Waals surface area contributed by atoms with Gasteiger partial charge in [-0.15, -0.1) is 0 Å². The van der Waals surface area contributed by atoms with Crippen LogP contribution in [-0.4, -0.2) is 56.0 Å². The van der Waals surface area contributed by atoms with Crippen LogP contribution in [0.5, 0.6) is 5.75 Å². The number of carbonyl (C=O) groups excluding carboxylic acids is 3. The van der Waals surface area contributed by atoms with Gasteiger partial charge in [0.05, 0.1) is 20.2 Å². The number of likely N-dealkylation sites (N-methyl/N-ethyl adjacent to an activating group) is 1. The number of urea groups is 1. The van der Waals surface area contributed by atoms with Gasteiger partial charge in [-0.05, 0) is 44.2 Å². The SMILES string of the molecule is COc1ccc(NC(=O)CN(C)CC(=O)NC(=O)NC2CCCC2)cc1. The van der Waals surface area contributed by atoms with E-state index in [9.17, 15) is 14.4 Å². The van der Waals surface area contributed by atoms with E-state index in [-0.39, 0.29) is 25.0 Å². The highest BCUT2D eigenvalue weighted by molar-refractivity contribution is 5.96. The lowest BCUT2D eigenvalue weighted by Gasteiger charge is -2.17. The van der Waals surface area contributed by atoms with Crippen LogP contribution in [0.2, 0.25) is 0 Å². The minimum Gasteiger partial charge on any atom is -0.497 e. The lowest BCUT2D eigenvalue weighted by atomic mass is 10.2. The summed E-state index contributed by atoms with van der Waals surface area (Å²) < 4.78 is 5.06. The summed E-state index contributed by atoms with van der Waals surface area (Å²) in [7, 11) is 3.21. The molecule has 0 spiro atoms. The van der Waals surface area contributed by atoms with Gasteiger partial charge in [0.15, 0.2) is 0 Å². The fourth-order valence-electron chi connectivity index (χ4n) is 2.88. The molecule has 0 saturated heterocycles. The van der Waals surface area contributed by atoms with Gasteiger partial charge in [-0.3, -0.25) is 19.8 Å². The first-order valence-electron chi connectivity index (χ1n) is 8.69. The quantitative estimate of drug-likeness (QED) is 0.680. The fraction of sp³-hybridized carbons (Fsp3) is 0.500. The highest BCUT2D eigenvalue weighted by Gasteiger charge is 2.19. The number of ether oxygens (including phenoxy) is 1. The van der Waals surface area contributed by atoms with Crippen molar-refractivity contribution in [1.29, 1.82) is 0 Å². The Balaban J connectivity index is 1.68. The van der Waals surface area contributed by atoms with E-state index in [0.717, 1.165) is 25.7 Å². The Hall–Kier alpha value is -2.61. The van der Waals surface area contributed by atoms with Crippen molar-refractivity contribution in [3.05, 3.63) is 24.3 Å². The summed E-state index contributed by atoms with van der Waals surface area (Å²) in [6.07, 6.45) is 4.11. The molecule has 0 heterocycles. The number of carbonyl (C=O) groups is 3. The van der Waals surface area contributed by atoms with E-state index in [4.69, 9.17) is 4.74 Å². The number of anilines is 1. The van der Waals surface area contributed by atoms with Crippen molar-refractivity contribution in [3.63, 3.8) is 0 Å². The zero-order chi connectivity index (χ0) is 18.9. The third-order valence-electron chi connectivity index (χ3n) is 4.14. The van der Waals surface area contributed by atoms with E-state index in [1.54, 1.807) is 38.4 Å². The van der Waals surface area contributed by atoms with Crippen LogP contribution in [0.25, 0.3) is 0 Å². The molecule has 1 aliphatic carbocycles. The molecule has 0 aromatic heterocycles. The Bertz CT molecular complexity index is 627. The van der Waals surface area contributed by atoms with Crippen molar-refractivity contribution >= 4 is 23.5 Å². The molecule has 0 unspecified atom stereocenters. The smallest absolute Gasteiger partial charge is 0.321 e. The first-order valence-corrected chi connectivity index (χ1v) is 8.69. The molecule has 1 aromatic carbocycles. The summed E-state index contributed by atoms with van der Waals surface area (Å²) in [6, 6.07) is 6.63. The summed E-state index contributed by atoms with van der Waals surface area (Å²) in [5.41, 5.74) is 0.643. The van der Waals surface area contributed by atoms with Crippen molar-refractivity contribution in [3.8, 4) is 5.75 Å². The average molecular weight is 362 g/mol. The second-order valence-electron chi connectivity index (χ2n) is 6.45. The molecule has 0 aliphatic heterocycles. The summed E-state index contributed by atoms with van der Waals surface area (Å²) in [4.78, 5) is 37.2. The lowest BCUT2D eigenvalue weighted by molar-refractivity contribution is -0.122. The van der Waals surface area contributed by atoms with Crippen LogP contribution in [0.1, 0.15) is 25.7 Å². The van der Waals surface area contributed by atoms with Gasteiger partial charge in [0.25, 0.3) is 0 Å². The van der Waals surface area contributed by atoms with E-state index in [0.29, 0.717) is 11.4 Å². The van der Waals surface area contributed by atoms with Crippen LogP contribution in [0.3, 0.4) is 0 Å². The number of amides is 4. The largest absolute Gasteiger partial charge is 0.497 e. The Labute approximate surface area is 153 Å². The van der Waals surface area contributed by atoms with Crippen LogP contribution >= 0.6 is 0 Å². The third kappa shape index (κ3) is 6.72. The van der Waals surface area contributed by atoms with Gasteiger partial charge in [0.2, 0.25) is 11.8 Å². The van der Waals surface area contributed by atoms with E-state index in [1.807, 2.05) is 0 Å². The van der Waals surface area contributed by atoms with Crippen molar-refractivity contribution in [1.82, 2.24) is 15.5 Å². The van der Waals surface area contributed by atoms with Gasteiger partial charge in [-0.25, -0.2) is 4.79 Å². The number of nitrogens with zero attached hydrogens (tertiary/aromatic N) is 1. The Kier molecular flexibility index (Phi) is 7.40. The van der Waals surface area contributed by atoms with E-state index in [2.05, 4.69) is 16.0 Å². The monoisotopic (exact) mass is 362 g/mol. The molecule has 3 N–H and O–H groups in total. The molecule has 8 nitrogen and oxygen atoms in total. The molecule has 8 heteroatoms. The van der Waals surface area contributed by atoms with Crippen LogP contribution in [-0.2, 0) is 9.59 Å². The highest BCUT2D eigenvalue weighted by Crippen LogP contribution is 2.17. The predicted octanol–water partition coefficient (Wildman–Crippen LogP) is 1.33. The topological polar surface area (TPSA) is 99.8 Å². The second-order valence-corrected chi connectivity index (χ2v) is 6.45. The summed E-state index contributed by atoms with van der Waals surface area (Å²) in [6.45, 7) is -0.0161. The molecule has 1 aromatic rings. The number of nitrogens with one attached hydrogen (secondary N) is 3. The van der Waals surface area contributed by atoms with E-state index < -0.39 is 11.9 Å². The molecule has 0 atom stereocenters. The van der Waals surface area contributed by atoms with Crippen molar-refractivity contribution in [2.24, 2.45) is 0 Å². The molecule has 4 amide bonds. The maximum Gasteiger partial charge on any atom is 0.321 e. The zero-order valence-corrected chi connectivity index (χ0v) is 15.2. The van der Waals surface area contributed by atoms with Crippen LogP contribution in [0.15, 0.2) is 24.3 Å². The van der Waals surface area contributed by atoms with Crippen molar-refractivity contribution in [2.75, 3.05) is 32.6 Å². The second kappa shape index (κ2) is 9.76. The molecule has 1 saturated carbocycles. The third-order valence-corrected chi connectivity index (χ3v) is 4.14. The molecular weight excluding hydrogens is 336 g/mol. The maximum absolute atomic E-state index is 12.0. The first-order chi connectivity index (χ1) is 12.5. The van der Waals surface area contributed by atoms with Crippen molar-refractivity contribution in [2.45, 2.75) is 31.7 Å².